The molecule has 0 N–H and O–H groups in total. The maximum Gasteiger partial charge on any atom is 0.339 e. The molecule has 0 amide bonds. The second-order valence-corrected chi connectivity index (χ2v) is 1.52. The van der Waals surface area contributed by atoms with Crippen LogP contribution in [0.25, 0.3) is 0 Å². The lowest BCUT2D eigenvalue weighted by molar-refractivity contribution is -0.252. The van der Waals surface area contributed by atoms with Gasteiger partial charge in [-0.05, 0) is 13.8 Å². The summed E-state index contributed by atoms with van der Waals surface area (Å²) < 4.78 is 4.83. The molecule has 0 aromatic rings. The predicted molar refractivity (Wildman–Crippen MR) is 40.9 cm³/mol. The van der Waals surface area contributed by atoms with Gasteiger partial charge in [0.1, 0.15) is 0 Å². The van der Waals surface area contributed by atoms with Crippen molar-refractivity contribution in [3.63, 3.8) is 0 Å². The first-order chi connectivity index (χ1) is 5.18. The van der Waals surface area contributed by atoms with Gasteiger partial charge in [0.15, 0.2) is 0 Å². The van der Waals surface area contributed by atoms with Gasteiger partial charge in [-0.2, -0.15) is 4.89 Å². The predicted octanol–water partition coefficient (Wildman–Crippen LogP) is 1.15. The Morgan fingerprint density at radius 1 is 1.27 bits per heavy atom. The molecular formula is C7H16O4. The Balaban J connectivity index is 0. The first-order valence-corrected chi connectivity index (χ1v) is 3.47. The number of ether oxygens (including phenoxy) is 1. The van der Waals surface area contributed by atoms with Gasteiger partial charge in [0.05, 0.1) is 7.11 Å². The van der Waals surface area contributed by atoms with Crippen LogP contribution in [-0.2, 0) is 19.3 Å². The Kier molecular flexibility index (Phi) is 14.3. The SMILES string of the molecule is CCOCC.COOC(C)=O. The summed E-state index contributed by atoms with van der Waals surface area (Å²) in [6, 6.07) is 0. The minimum atomic E-state index is -0.433. The molecule has 0 spiro atoms. The van der Waals surface area contributed by atoms with Crippen LogP contribution in [-0.4, -0.2) is 26.3 Å². The average Bonchev–Trinajstić information content (AvgIpc) is 1.90. The summed E-state index contributed by atoms with van der Waals surface area (Å²) in [5, 5.41) is 0. The summed E-state index contributed by atoms with van der Waals surface area (Å²) in [5.74, 6) is -0.433. The molecule has 0 heterocycles. The Labute approximate surface area is 67.4 Å². The number of hydrogen-bond donors (Lipinski definition) is 0. The van der Waals surface area contributed by atoms with Crippen molar-refractivity contribution in [2.24, 2.45) is 0 Å². The molecule has 0 aromatic carbocycles. The van der Waals surface area contributed by atoms with Crippen molar-refractivity contribution in [1.82, 2.24) is 0 Å². The van der Waals surface area contributed by atoms with Gasteiger partial charge in [-0.15, -0.1) is 0 Å². The summed E-state index contributed by atoms with van der Waals surface area (Å²) >= 11 is 0. The fourth-order valence-electron chi connectivity index (χ4n) is 0.321. The van der Waals surface area contributed by atoms with Crippen LogP contribution in [0.4, 0.5) is 0 Å². The fraction of sp³-hybridized carbons (Fsp3) is 0.857. The van der Waals surface area contributed by atoms with Crippen molar-refractivity contribution in [2.45, 2.75) is 20.8 Å². The van der Waals surface area contributed by atoms with Crippen molar-refractivity contribution in [1.29, 1.82) is 0 Å². The molecule has 0 unspecified atom stereocenters. The summed E-state index contributed by atoms with van der Waals surface area (Å²) in [6.07, 6.45) is 0. The van der Waals surface area contributed by atoms with E-state index >= 15 is 0 Å². The molecule has 0 bridgehead atoms. The van der Waals surface area contributed by atoms with Crippen LogP contribution in [0.5, 0.6) is 0 Å². The standard InChI is InChI=1S/C4H10O.C3H6O3/c1-3-5-4-2;1-3(4)6-5-2/h3-4H2,1-2H3;1-2H3. The minimum absolute atomic E-state index is 0.433. The van der Waals surface area contributed by atoms with Crippen LogP contribution in [0.15, 0.2) is 0 Å². The summed E-state index contributed by atoms with van der Waals surface area (Å²) in [6.45, 7) is 6.93. The highest BCUT2D eigenvalue weighted by molar-refractivity contribution is 5.65. The summed E-state index contributed by atoms with van der Waals surface area (Å²) in [5.41, 5.74) is 0. The van der Waals surface area contributed by atoms with Gasteiger partial charge < -0.3 is 4.74 Å². The van der Waals surface area contributed by atoms with Crippen LogP contribution in [0, 0.1) is 0 Å². The molecule has 11 heavy (non-hydrogen) atoms. The van der Waals surface area contributed by atoms with E-state index in [1.807, 2.05) is 13.8 Å². The highest BCUT2D eigenvalue weighted by Crippen LogP contribution is 1.70. The zero-order valence-electron chi connectivity index (χ0n) is 7.55. The maximum atomic E-state index is 9.70. The highest BCUT2D eigenvalue weighted by atomic mass is 17.2. The molecule has 4 nitrogen and oxygen atoms in total. The van der Waals surface area contributed by atoms with Gasteiger partial charge in [-0.25, -0.2) is 4.79 Å². The van der Waals surface area contributed by atoms with E-state index in [0.29, 0.717) is 0 Å². The molecule has 0 saturated heterocycles. The smallest absolute Gasteiger partial charge is 0.339 e. The van der Waals surface area contributed by atoms with Crippen LogP contribution in [0.1, 0.15) is 20.8 Å². The van der Waals surface area contributed by atoms with Crippen molar-refractivity contribution >= 4 is 5.97 Å². The first-order valence-electron chi connectivity index (χ1n) is 3.47. The maximum absolute atomic E-state index is 9.70. The molecule has 0 fully saturated rings. The van der Waals surface area contributed by atoms with Crippen molar-refractivity contribution in [3.05, 3.63) is 0 Å². The summed E-state index contributed by atoms with van der Waals surface area (Å²) in [7, 11) is 1.28. The Hall–Kier alpha value is -0.610. The Morgan fingerprint density at radius 2 is 1.73 bits per heavy atom. The van der Waals surface area contributed by atoms with Crippen molar-refractivity contribution in [3.8, 4) is 0 Å². The van der Waals surface area contributed by atoms with E-state index in [1.165, 1.54) is 14.0 Å². The molecule has 0 atom stereocenters. The van der Waals surface area contributed by atoms with E-state index in [0.717, 1.165) is 13.2 Å². The molecular weight excluding hydrogens is 148 g/mol. The summed E-state index contributed by atoms with van der Waals surface area (Å²) in [4.78, 5) is 17.6. The fourth-order valence-corrected chi connectivity index (χ4v) is 0.321. The number of rotatable bonds is 3. The van der Waals surface area contributed by atoms with Crippen LogP contribution in [0.2, 0.25) is 0 Å². The van der Waals surface area contributed by atoms with E-state index in [-0.39, 0.29) is 0 Å². The molecule has 0 radical (unpaired) electrons. The lowest BCUT2D eigenvalue weighted by atomic mass is 10.8. The molecule has 0 aromatic heterocycles. The van der Waals surface area contributed by atoms with Crippen molar-refractivity contribution < 1.29 is 19.3 Å². The van der Waals surface area contributed by atoms with E-state index < -0.39 is 5.97 Å². The zero-order valence-corrected chi connectivity index (χ0v) is 7.55. The third kappa shape index (κ3) is 26.6. The monoisotopic (exact) mass is 164 g/mol. The molecule has 0 aliphatic heterocycles. The molecule has 0 aliphatic carbocycles. The lowest BCUT2D eigenvalue weighted by Gasteiger charge is -1.87. The van der Waals surface area contributed by atoms with Gasteiger partial charge in [-0.3, -0.25) is 4.89 Å². The lowest BCUT2D eigenvalue weighted by Crippen LogP contribution is -1.94. The normalized spacial score (nSPS) is 8.00. The molecule has 0 aliphatic rings. The van der Waals surface area contributed by atoms with E-state index in [9.17, 15) is 4.79 Å². The van der Waals surface area contributed by atoms with Gasteiger partial charge in [0.2, 0.25) is 0 Å². The average molecular weight is 164 g/mol. The third-order valence-corrected chi connectivity index (χ3v) is 0.609. The molecule has 0 saturated carbocycles. The number of carbonyl (C=O) groups is 1. The van der Waals surface area contributed by atoms with Gasteiger partial charge >= 0.3 is 5.97 Å². The largest absolute Gasteiger partial charge is 0.382 e. The molecule has 0 rings (SSSR count). The van der Waals surface area contributed by atoms with Gasteiger partial charge in [0.25, 0.3) is 0 Å². The minimum Gasteiger partial charge on any atom is -0.382 e. The first kappa shape index (κ1) is 13.0. The van der Waals surface area contributed by atoms with Gasteiger partial charge in [0, 0.05) is 20.1 Å². The highest BCUT2D eigenvalue weighted by Gasteiger charge is 1.83. The van der Waals surface area contributed by atoms with E-state index in [1.54, 1.807) is 0 Å². The van der Waals surface area contributed by atoms with Crippen molar-refractivity contribution in [2.75, 3.05) is 20.3 Å². The second kappa shape index (κ2) is 12.1. The quantitative estimate of drug-likeness (QED) is 0.463. The van der Waals surface area contributed by atoms with Crippen LogP contribution in [0.3, 0.4) is 0 Å². The van der Waals surface area contributed by atoms with Crippen LogP contribution < -0.4 is 0 Å². The zero-order chi connectivity index (χ0) is 9.11. The van der Waals surface area contributed by atoms with E-state index in [4.69, 9.17) is 4.74 Å². The molecule has 4 heteroatoms. The second-order valence-electron chi connectivity index (χ2n) is 1.52. The third-order valence-electron chi connectivity index (χ3n) is 0.609. The Bertz CT molecular complexity index is 80.5. The van der Waals surface area contributed by atoms with E-state index in [2.05, 4.69) is 9.78 Å². The number of hydrogen-bond acceptors (Lipinski definition) is 4. The van der Waals surface area contributed by atoms with Crippen LogP contribution >= 0.6 is 0 Å². The Morgan fingerprint density at radius 3 is 1.73 bits per heavy atom. The number of carbonyl (C=O) groups excluding carboxylic acids is 1. The molecule has 68 valence electrons. The van der Waals surface area contributed by atoms with Gasteiger partial charge in [-0.1, -0.05) is 0 Å². The topological polar surface area (TPSA) is 44.8 Å².